The van der Waals surface area contributed by atoms with Crippen molar-refractivity contribution in [1.29, 1.82) is 0 Å². The molecule has 0 aliphatic heterocycles. The highest BCUT2D eigenvalue weighted by molar-refractivity contribution is 6.34. The normalized spacial score (nSPS) is 12.4. The quantitative estimate of drug-likeness (QED) is 0.103. The van der Waals surface area contributed by atoms with Crippen LogP contribution < -0.4 is 5.73 Å². The van der Waals surface area contributed by atoms with Gasteiger partial charge in [-0.3, -0.25) is 4.79 Å². The average molecular weight is 496 g/mol. The molecule has 34 heavy (non-hydrogen) atoms. The van der Waals surface area contributed by atoms with Crippen LogP contribution in [0.5, 0.6) is 0 Å². The van der Waals surface area contributed by atoms with E-state index in [0.717, 1.165) is 22.1 Å². The second-order valence-electron chi connectivity index (χ2n) is 9.06. The van der Waals surface area contributed by atoms with Crippen LogP contribution in [0.1, 0.15) is 42.5 Å². The Bertz CT molecular complexity index is 1450. The lowest BCUT2D eigenvalue weighted by Crippen LogP contribution is -2.20. The smallest absolute Gasteiger partial charge is 0.227 e. The number of hydrogen-bond acceptors (Lipinski definition) is 5. The summed E-state index contributed by atoms with van der Waals surface area (Å²) in [5.74, 6) is 0.142. The van der Waals surface area contributed by atoms with Gasteiger partial charge in [-0.25, -0.2) is 4.98 Å². The number of nitrogens with two attached hydrogens (primary N) is 1. The van der Waals surface area contributed by atoms with Gasteiger partial charge in [0.05, 0.1) is 10.7 Å². The summed E-state index contributed by atoms with van der Waals surface area (Å²) in [4.78, 5) is 17.8. The van der Waals surface area contributed by atoms with Gasteiger partial charge in [0.25, 0.3) is 0 Å². The molecule has 0 saturated carbocycles. The van der Waals surface area contributed by atoms with Gasteiger partial charge in [-0.15, -0.1) is 0 Å². The number of hydrogen-bond donors (Lipinski definition) is 2. The lowest BCUT2D eigenvalue weighted by atomic mass is 9.88. The van der Waals surface area contributed by atoms with Gasteiger partial charge in [0.2, 0.25) is 11.5 Å². The van der Waals surface area contributed by atoms with Gasteiger partial charge in [-0.05, 0) is 36.8 Å². The maximum atomic E-state index is 13.0. The Hall–Kier alpha value is -3.35. The number of Topliss-reactive ketones (excluding diaryl/α,β-unsaturated/α-hetero) is 1. The molecule has 0 saturated heterocycles. The molecule has 6 nitrogen and oxygen atoms in total. The zero-order valence-corrected chi connectivity index (χ0v) is 20.6. The summed E-state index contributed by atoms with van der Waals surface area (Å²) < 4.78 is 5.98. The molecule has 0 aliphatic carbocycles. The second-order valence-corrected chi connectivity index (χ2v) is 9.90. The summed E-state index contributed by atoms with van der Waals surface area (Å²) >= 11 is 12.7. The van der Waals surface area contributed by atoms with Crippen LogP contribution in [0.3, 0.4) is 0 Å². The summed E-state index contributed by atoms with van der Waals surface area (Å²) in [6.07, 6.45) is 0. The molecule has 174 valence electrons. The Balaban J connectivity index is 2.00. The van der Waals surface area contributed by atoms with E-state index >= 15 is 0 Å². The lowest BCUT2D eigenvalue weighted by molar-refractivity contribution is 0.0829. The number of aromatic nitrogens is 1. The van der Waals surface area contributed by atoms with Crippen LogP contribution in [0.4, 0.5) is 0 Å². The first-order valence-electron chi connectivity index (χ1n) is 10.5. The number of oxime groups is 1. The van der Waals surface area contributed by atoms with Crippen molar-refractivity contribution in [3.8, 4) is 22.4 Å². The Kier molecular flexibility index (Phi) is 6.14. The van der Waals surface area contributed by atoms with E-state index in [-0.39, 0.29) is 11.6 Å². The van der Waals surface area contributed by atoms with Crippen molar-refractivity contribution in [2.45, 2.75) is 27.7 Å². The Morgan fingerprint density at radius 3 is 2.32 bits per heavy atom. The Morgan fingerprint density at radius 1 is 1.06 bits per heavy atom. The van der Waals surface area contributed by atoms with Crippen molar-refractivity contribution in [3.05, 3.63) is 75.5 Å². The summed E-state index contributed by atoms with van der Waals surface area (Å²) in [5.41, 5.74) is 9.51. The molecule has 4 rings (SSSR count). The van der Waals surface area contributed by atoms with E-state index in [0.29, 0.717) is 38.3 Å². The number of nitrogens with zero attached hydrogens (tertiary/aromatic N) is 2. The molecule has 4 aromatic rings. The van der Waals surface area contributed by atoms with E-state index in [9.17, 15) is 4.79 Å². The molecule has 0 bridgehead atoms. The standard InChI is InChI=1S/C26H23Cl2N3O3/c1-13-18-12-19(14-5-8-16(27)9-6-14)21(17-10-7-15(11-20(17)28)24(29)31-33)30-25(18)34-22(13)23(32)26(2,3)4/h5-12,33H,1-4H3,(H2,29,31). The van der Waals surface area contributed by atoms with E-state index in [1.165, 1.54) is 0 Å². The summed E-state index contributed by atoms with van der Waals surface area (Å²) in [6, 6.07) is 14.4. The number of pyridine rings is 1. The number of halogens is 2. The maximum absolute atomic E-state index is 13.0. The van der Waals surface area contributed by atoms with E-state index < -0.39 is 5.41 Å². The molecule has 0 radical (unpaired) electrons. The van der Waals surface area contributed by atoms with Gasteiger partial charge in [0, 0.05) is 38.1 Å². The zero-order chi connectivity index (χ0) is 24.8. The van der Waals surface area contributed by atoms with E-state index in [4.69, 9.17) is 43.5 Å². The molecule has 0 amide bonds. The van der Waals surface area contributed by atoms with Gasteiger partial charge in [0.15, 0.2) is 11.6 Å². The average Bonchev–Trinajstić information content (AvgIpc) is 3.12. The minimum atomic E-state index is -0.603. The number of fused-ring (bicyclic) bond motifs is 1. The number of carbonyl (C=O) groups is 1. The Morgan fingerprint density at radius 2 is 1.74 bits per heavy atom. The molecule has 0 aliphatic rings. The van der Waals surface area contributed by atoms with Crippen LogP contribution >= 0.6 is 23.2 Å². The van der Waals surface area contributed by atoms with Crippen molar-refractivity contribution in [2.75, 3.05) is 0 Å². The van der Waals surface area contributed by atoms with Crippen LogP contribution in [-0.2, 0) is 0 Å². The highest BCUT2D eigenvalue weighted by Crippen LogP contribution is 2.40. The van der Waals surface area contributed by atoms with Crippen molar-refractivity contribution < 1.29 is 14.4 Å². The van der Waals surface area contributed by atoms with Crippen molar-refractivity contribution in [1.82, 2.24) is 4.98 Å². The number of carbonyl (C=O) groups excluding carboxylic acids is 1. The van der Waals surface area contributed by atoms with Gasteiger partial charge >= 0.3 is 0 Å². The fourth-order valence-electron chi connectivity index (χ4n) is 3.67. The molecular formula is C26H23Cl2N3O3. The van der Waals surface area contributed by atoms with Crippen molar-refractivity contribution in [2.24, 2.45) is 16.3 Å². The fraction of sp³-hybridized carbons (Fsp3) is 0.192. The number of benzene rings is 2. The number of rotatable bonds is 4. The van der Waals surface area contributed by atoms with Gasteiger partial charge in [0.1, 0.15) is 0 Å². The summed E-state index contributed by atoms with van der Waals surface area (Å²) in [7, 11) is 0. The molecule has 2 heterocycles. The van der Waals surface area contributed by atoms with E-state index in [2.05, 4.69) is 5.16 Å². The van der Waals surface area contributed by atoms with Crippen molar-refractivity contribution >= 4 is 45.9 Å². The molecule has 0 atom stereocenters. The first-order valence-corrected chi connectivity index (χ1v) is 11.3. The third-order valence-corrected chi connectivity index (χ3v) is 6.17. The van der Waals surface area contributed by atoms with E-state index in [1.54, 1.807) is 30.3 Å². The van der Waals surface area contributed by atoms with Crippen LogP contribution in [-0.4, -0.2) is 21.8 Å². The molecule has 0 spiro atoms. The minimum absolute atomic E-state index is 0.0539. The lowest BCUT2D eigenvalue weighted by Gasteiger charge is -2.14. The molecule has 0 fully saturated rings. The first kappa shape index (κ1) is 23.8. The third kappa shape index (κ3) is 4.27. The Labute approximate surface area is 207 Å². The van der Waals surface area contributed by atoms with Gasteiger partial charge in [-0.2, -0.15) is 0 Å². The zero-order valence-electron chi connectivity index (χ0n) is 19.1. The highest BCUT2D eigenvalue weighted by Gasteiger charge is 2.29. The van der Waals surface area contributed by atoms with Crippen LogP contribution in [0, 0.1) is 12.3 Å². The molecule has 2 aromatic carbocycles. The topological polar surface area (TPSA) is 102 Å². The summed E-state index contributed by atoms with van der Waals surface area (Å²) in [6.45, 7) is 7.41. The highest BCUT2D eigenvalue weighted by atomic mass is 35.5. The monoisotopic (exact) mass is 495 g/mol. The molecular weight excluding hydrogens is 473 g/mol. The van der Waals surface area contributed by atoms with E-state index in [1.807, 2.05) is 45.9 Å². The number of aryl methyl sites for hydroxylation is 1. The minimum Gasteiger partial charge on any atom is -0.434 e. The van der Waals surface area contributed by atoms with Crippen molar-refractivity contribution in [3.63, 3.8) is 0 Å². The van der Waals surface area contributed by atoms with Crippen LogP contribution in [0.15, 0.2) is 58.1 Å². The van der Waals surface area contributed by atoms with Crippen LogP contribution in [0.2, 0.25) is 10.0 Å². The number of furan rings is 1. The first-order chi connectivity index (χ1) is 16.0. The molecule has 3 N–H and O–H groups in total. The fourth-order valence-corrected chi connectivity index (χ4v) is 4.07. The predicted molar refractivity (Wildman–Crippen MR) is 136 cm³/mol. The number of amidine groups is 1. The summed E-state index contributed by atoms with van der Waals surface area (Å²) in [5, 5.41) is 13.7. The predicted octanol–water partition coefficient (Wildman–Crippen LogP) is 7.10. The SMILES string of the molecule is Cc1c(C(=O)C(C)(C)C)oc2nc(-c3ccc(/C(N)=N/O)cc3Cl)c(-c3ccc(Cl)cc3)cc12. The maximum Gasteiger partial charge on any atom is 0.227 e. The molecule has 2 aromatic heterocycles. The second kappa shape index (κ2) is 8.78. The molecule has 8 heteroatoms. The van der Waals surface area contributed by atoms with Gasteiger partial charge in [-0.1, -0.05) is 73.4 Å². The number of ketones is 1. The molecule has 0 unspecified atom stereocenters. The van der Waals surface area contributed by atoms with Gasteiger partial charge < -0.3 is 15.4 Å². The largest absolute Gasteiger partial charge is 0.434 e. The van der Waals surface area contributed by atoms with Crippen LogP contribution in [0.25, 0.3) is 33.5 Å². The third-order valence-electron chi connectivity index (χ3n) is 5.60.